The highest BCUT2D eigenvalue weighted by Gasteiger charge is 2.30. The lowest BCUT2D eigenvalue weighted by atomic mass is 9.86. The van der Waals surface area contributed by atoms with E-state index in [4.69, 9.17) is 0 Å². The number of piperidine rings is 1. The zero-order valence-corrected chi connectivity index (χ0v) is 13.4. The summed E-state index contributed by atoms with van der Waals surface area (Å²) in [6, 6.07) is 3.07. The van der Waals surface area contributed by atoms with Crippen molar-refractivity contribution in [3.63, 3.8) is 0 Å². The average molecular weight is 333 g/mol. The Bertz CT molecular complexity index is 623. The average Bonchev–Trinajstić information content (AvgIpc) is 2.40. The number of benzene rings is 1. The maximum absolute atomic E-state index is 13.4. The predicted octanol–water partition coefficient (Wildman–Crippen LogP) is 1.24. The number of nitrogens with one attached hydrogen (secondary N) is 3. The van der Waals surface area contributed by atoms with E-state index in [1.54, 1.807) is 13.8 Å². The topological polar surface area (TPSA) is 70.2 Å². The molecule has 0 amide bonds. The molecular weight excluding hydrogens is 312 g/mol. The van der Waals surface area contributed by atoms with Crippen LogP contribution in [0.25, 0.3) is 0 Å². The van der Waals surface area contributed by atoms with Gasteiger partial charge in [0.1, 0.15) is 0 Å². The van der Waals surface area contributed by atoms with Gasteiger partial charge in [0.2, 0.25) is 0 Å². The van der Waals surface area contributed by atoms with Crippen LogP contribution in [0.4, 0.5) is 8.78 Å². The van der Waals surface area contributed by atoms with E-state index in [-0.39, 0.29) is 12.0 Å². The van der Waals surface area contributed by atoms with E-state index < -0.39 is 27.9 Å². The molecule has 1 aliphatic heterocycles. The van der Waals surface area contributed by atoms with Gasteiger partial charge >= 0.3 is 0 Å². The van der Waals surface area contributed by atoms with Gasteiger partial charge in [-0.2, -0.15) is 17.9 Å². The van der Waals surface area contributed by atoms with Crippen LogP contribution in [0.15, 0.2) is 18.2 Å². The highest BCUT2D eigenvalue weighted by Crippen LogP contribution is 2.27. The zero-order chi connectivity index (χ0) is 16.3. The second kappa shape index (κ2) is 6.99. The molecule has 1 aliphatic rings. The summed E-state index contributed by atoms with van der Waals surface area (Å²) in [4.78, 5) is 0. The monoisotopic (exact) mass is 333 g/mol. The van der Waals surface area contributed by atoms with Crippen molar-refractivity contribution in [1.29, 1.82) is 0 Å². The van der Waals surface area contributed by atoms with E-state index >= 15 is 0 Å². The minimum atomic E-state index is -3.65. The molecule has 0 spiro atoms. The van der Waals surface area contributed by atoms with Gasteiger partial charge in [0, 0.05) is 24.5 Å². The largest absolute Gasteiger partial charge is 0.315 e. The van der Waals surface area contributed by atoms with Crippen LogP contribution in [-0.4, -0.2) is 33.6 Å². The fraction of sp³-hybridized carbons (Fsp3) is 0.571. The summed E-state index contributed by atoms with van der Waals surface area (Å²) in [6.45, 7) is 4.58. The maximum Gasteiger partial charge on any atom is 0.277 e. The van der Waals surface area contributed by atoms with Crippen molar-refractivity contribution in [1.82, 2.24) is 14.8 Å². The van der Waals surface area contributed by atoms with Crippen LogP contribution in [0, 0.1) is 11.6 Å². The van der Waals surface area contributed by atoms with Crippen molar-refractivity contribution < 1.29 is 17.2 Å². The molecule has 1 heterocycles. The first-order valence-corrected chi connectivity index (χ1v) is 8.72. The molecule has 0 radical (unpaired) electrons. The molecule has 2 atom stereocenters. The SMILES string of the molecule is CC(C)NS(=O)(=O)NC1CNCCC1c1ccc(F)c(F)c1. The molecule has 2 unspecified atom stereocenters. The molecule has 1 saturated heterocycles. The third-order valence-corrected chi connectivity index (χ3v) is 4.95. The first-order chi connectivity index (χ1) is 10.3. The normalized spacial score (nSPS) is 23.0. The zero-order valence-electron chi connectivity index (χ0n) is 12.6. The molecule has 0 saturated carbocycles. The minimum Gasteiger partial charge on any atom is -0.315 e. The summed E-state index contributed by atoms with van der Waals surface area (Å²) in [6.07, 6.45) is 0.639. The van der Waals surface area contributed by atoms with Gasteiger partial charge in [-0.1, -0.05) is 6.07 Å². The molecule has 124 valence electrons. The fourth-order valence-corrected chi connectivity index (χ4v) is 4.00. The van der Waals surface area contributed by atoms with Crippen LogP contribution in [0.5, 0.6) is 0 Å². The van der Waals surface area contributed by atoms with Gasteiger partial charge in [-0.25, -0.2) is 8.78 Å². The molecule has 2 rings (SSSR count). The Labute approximate surface area is 129 Å². The van der Waals surface area contributed by atoms with Gasteiger partial charge in [0.05, 0.1) is 0 Å². The van der Waals surface area contributed by atoms with Crippen LogP contribution in [0.3, 0.4) is 0 Å². The second-order valence-electron chi connectivity index (χ2n) is 5.77. The summed E-state index contributed by atoms with van der Waals surface area (Å²) in [5.74, 6) is -2.03. The van der Waals surface area contributed by atoms with Gasteiger partial charge in [-0.15, -0.1) is 0 Å². The van der Waals surface area contributed by atoms with Crippen LogP contribution in [0.2, 0.25) is 0 Å². The number of halogens is 2. The predicted molar refractivity (Wildman–Crippen MR) is 80.7 cm³/mol. The standard InChI is InChI=1S/C14H21F2N3O2S/c1-9(2)18-22(20,21)19-14-8-17-6-5-11(14)10-3-4-12(15)13(16)7-10/h3-4,7,9,11,14,17-19H,5-6,8H2,1-2H3. The first-order valence-electron chi connectivity index (χ1n) is 7.24. The Morgan fingerprint density at radius 3 is 2.64 bits per heavy atom. The molecule has 1 aromatic carbocycles. The molecule has 1 fully saturated rings. The quantitative estimate of drug-likeness (QED) is 0.759. The van der Waals surface area contributed by atoms with E-state index in [2.05, 4.69) is 14.8 Å². The summed E-state index contributed by atoms with van der Waals surface area (Å²) in [7, 11) is -3.65. The lowest BCUT2D eigenvalue weighted by molar-refractivity contribution is 0.374. The molecule has 0 aromatic heterocycles. The van der Waals surface area contributed by atoms with E-state index in [0.717, 1.165) is 12.1 Å². The third kappa shape index (κ3) is 4.45. The molecule has 1 aromatic rings. The lowest BCUT2D eigenvalue weighted by Gasteiger charge is -2.33. The Morgan fingerprint density at radius 2 is 2.00 bits per heavy atom. The van der Waals surface area contributed by atoms with Gasteiger partial charge in [-0.05, 0) is 44.5 Å². The van der Waals surface area contributed by atoms with Crippen molar-refractivity contribution in [2.75, 3.05) is 13.1 Å². The van der Waals surface area contributed by atoms with Crippen LogP contribution in [0.1, 0.15) is 31.7 Å². The fourth-order valence-electron chi connectivity index (χ4n) is 2.67. The summed E-state index contributed by atoms with van der Waals surface area (Å²) in [5, 5.41) is 3.11. The molecule has 8 heteroatoms. The van der Waals surface area contributed by atoms with E-state index in [0.29, 0.717) is 25.1 Å². The van der Waals surface area contributed by atoms with Crippen LogP contribution in [-0.2, 0) is 10.2 Å². The number of rotatable bonds is 5. The Balaban J connectivity index is 2.19. The third-order valence-electron chi connectivity index (χ3n) is 3.55. The van der Waals surface area contributed by atoms with Gasteiger partial charge in [0.25, 0.3) is 10.2 Å². The maximum atomic E-state index is 13.4. The van der Waals surface area contributed by atoms with E-state index in [1.807, 2.05) is 0 Å². The van der Waals surface area contributed by atoms with Gasteiger partial charge < -0.3 is 5.32 Å². The van der Waals surface area contributed by atoms with Crippen LogP contribution < -0.4 is 14.8 Å². The number of hydrogen-bond donors (Lipinski definition) is 3. The number of hydrogen-bond acceptors (Lipinski definition) is 3. The van der Waals surface area contributed by atoms with E-state index in [1.165, 1.54) is 6.07 Å². The van der Waals surface area contributed by atoms with Crippen molar-refractivity contribution in [3.8, 4) is 0 Å². The molecule has 22 heavy (non-hydrogen) atoms. The smallest absolute Gasteiger partial charge is 0.277 e. The molecular formula is C14H21F2N3O2S. The van der Waals surface area contributed by atoms with Crippen LogP contribution >= 0.6 is 0 Å². The molecule has 5 nitrogen and oxygen atoms in total. The minimum absolute atomic E-state index is 0.208. The Morgan fingerprint density at radius 1 is 1.27 bits per heavy atom. The molecule has 0 aliphatic carbocycles. The summed E-state index contributed by atoms with van der Waals surface area (Å²) >= 11 is 0. The van der Waals surface area contributed by atoms with Gasteiger partial charge in [-0.3, -0.25) is 0 Å². The van der Waals surface area contributed by atoms with Crippen molar-refractivity contribution in [3.05, 3.63) is 35.4 Å². The molecule has 0 bridgehead atoms. The Kier molecular flexibility index (Phi) is 5.49. The van der Waals surface area contributed by atoms with Crippen molar-refractivity contribution in [2.24, 2.45) is 0 Å². The van der Waals surface area contributed by atoms with E-state index in [9.17, 15) is 17.2 Å². The summed E-state index contributed by atoms with van der Waals surface area (Å²) < 4.78 is 55.6. The van der Waals surface area contributed by atoms with Crippen molar-refractivity contribution >= 4 is 10.2 Å². The summed E-state index contributed by atoms with van der Waals surface area (Å²) in [5.41, 5.74) is 0.595. The lowest BCUT2D eigenvalue weighted by Crippen LogP contribution is -2.53. The second-order valence-corrected chi connectivity index (χ2v) is 7.25. The Hall–Kier alpha value is -1.09. The highest BCUT2D eigenvalue weighted by atomic mass is 32.2. The van der Waals surface area contributed by atoms with Gasteiger partial charge in [0.15, 0.2) is 11.6 Å². The van der Waals surface area contributed by atoms with Crippen molar-refractivity contribution in [2.45, 2.75) is 38.3 Å². The highest BCUT2D eigenvalue weighted by molar-refractivity contribution is 7.87. The first kappa shape index (κ1) is 17.3. The molecule has 3 N–H and O–H groups in total.